The van der Waals surface area contributed by atoms with E-state index < -0.39 is 0 Å². The maximum atomic E-state index is 6.86. The minimum absolute atomic E-state index is 0.269. The molecule has 56 heavy (non-hydrogen) atoms. The van der Waals surface area contributed by atoms with E-state index in [1.54, 1.807) is 0 Å². The summed E-state index contributed by atoms with van der Waals surface area (Å²) in [6.45, 7) is 9.34. The van der Waals surface area contributed by atoms with Crippen molar-refractivity contribution < 1.29 is 4.42 Å². The molecule has 274 valence electrons. The van der Waals surface area contributed by atoms with Gasteiger partial charge in [0.2, 0.25) is 0 Å². The SMILES string of the molecule is CC(C)c1cc(-c2cc3ccc2CCc2ccc(cc2)CC3)cc(C(C)C)c1-n1c(-c2cccc3c2oc2cc(-c4ccccc4)ccc23)nc2ccccc21. The molecule has 0 unspecified atom stereocenters. The average molecular weight is 727 g/mol. The highest BCUT2D eigenvalue weighted by atomic mass is 16.3. The molecular formula is C53H46N2O. The summed E-state index contributed by atoms with van der Waals surface area (Å²) in [6, 6.07) is 53.7. The highest BCUT2D eigenvalue weighted by Crippen LogP contribution is 2.43. The Labute approximate surface area is 329 Å². The molecule has 4 aliphatic carbocycles. The van der Waals surface area contributed by atoms with Crippen LogP contribution in [-0.4, -0.2) is 9.55 Å². The van der Waals surface area contributed by atoms with Crippen LogP contribution >= 0.6 is 0 Å². The van der Waals surface area contributed by atoms with E-state index >= 15 is 0 Å². The van der Waals surface area contributed by atoms with Crippen molar-refractivity contribution in [2.45, 2.75) is 65.2 Å². The van der Waals surface area contributed by atoms with Gasteiger partial charge in [-0.2, -0.15) is 0 Å². The fourth-order valence-electron chi connectivity index (χ4n) is 8.90. The van der Waals surface area contributed by atoms with Gasteiger partial charge in [-0.05, 0) is 136 Å². The molecule has 0 saturated carbocycles. The molecule has 3 nitrogen and oxygen atoms in total. The fourth-order valence-corrected chi connectivity index (χ4v) is 8.90. The Morgan fingerprint density at radius 2 is 1.20 bits per heavy atom. The number of rotatable bonds is 6. The van der Waals surface area contributed by atoms with Crippen molar-refractivity contribution >= 4 is 33.0 Å². The number of fused-ring (bicyclic) bond motifs is 4. The van der Waals surface area contributed by atoms with Gasteiger partial charge in [-0.25, -0.2) is 4.98 Å². The van der Waals surface area contributed by atoms with Crippen molar-refractivity contribution in [3.05, 3.63) is 179 Å². The van der Waals surface area contributed by atoms with E-state index in [2.05, 4.69) is 178 Å². The number of hydrogen-bond acceptors (Lipinski definition) is 2. The molecule has 9 aromatic rings. The number of aromatic nitrogens is 2. The van der Waals surface area contributed by atoms with Crippen LogP contribution in [0.3, 0.4) is 0 Å². The lowest BCUT2D eigenvalue weighted by Crippen LogP contribution is -2.10. The molecule has 13 rings (SSSR count). The number of hydrogen-bond donors (Lipinski definition) is 0. The van der Waals surface area contributed by atoms with E-state index in [0.717, 1.165) is 75.6 Å². The van der Waals surface area contributed by atoms with Gasteiger partial charge >= 0.3 is 0 Å². The fraction of sp³-hybridized carbons (Fsp3) is 0.189. The van der Waals surface area contributed by atoms with Gasteiger partial charge in [-0.1, -0.05) is 131 Å². The summed E-state index contributed by atoms with van der Waals surface area (Å²) < 4.78 is 9.30. The van der Waals surface area contributed by atoms with E-state index in [1.807, 2.05) is 0 Å². The van der Waals surface area contributed by atoms with Crippen molar-refractivity contribution in [1.29, 1.82) is 0 Å². The smallest absolute Gasteiger partial charge is 0.149 e. The summed E-state index contributed by atoms with van der Waals surface area (Å²) in [4.78, 5) is 5.43. The first kappa shape index (κ1) is 34.3. The van der Waals surface area contributed by atoms with Crippen molar-refractivity contribution in [2.75, 3.05) is 0 Å². The Bertz CT molecular complexity index is 2880. The minimum Gasteiger partial charge on any atom is -0.455 e. The summed E-state index contributed by atoms with van der Waals surface area (Å²) in [5.74, 6) is 1.44. The molecule has 0 fully saturated rings. The second-order valence-corrected chi connectivity index (χ2v) is 16.2. The topological polar surface area (TPSA) is 31.0 Å². The Hall–Kier alpha value is -6.19. The zero-order chi connectivity index (χ0) is 37.9. The lowest BCUT2D eigenvalue weighted by atomic mass is 9.85. The third-order valence-electron chi connectivity index (χ3n) is 11.9. The molecule has 0 N–H and O–H groups in total. The molecule has 4 bridgehead atoms. The Kier molecular flexibility index (Phi) is 8.48. The molecule has 4 aliphatic rings. The van der Waals surface area contributed by atoms with Gasteiger partial charge in [-0.3, -0.25) is 4.57 Å². The summed E-state index contributed by atoms with van der Waals surface area (Å²) in [5, 5.41) is 2.21. The Morgan fingerprint density at radius 1 is 0.518 bits per heavy atom. The lowest BCUT2D eigenvalue weighted by molar-refractivity contribution is 0.669. The predicted molar refractivity (Wildman–Crippen MR) is 234 cm³/mol. The monoisotopic (exact) mass is 726 g/mol. The number of imidazole rings is 1. The molecule has 0 radical (unpaired) electrons. The van der Waals surface area contributed by atoms with Gasteiger partial charge in [0, 0.05) is 10.8 Å². The van der Waals surface area contributed by atoms with Crippen molar-refractivity contribution in [2.24, 2.45) is 0 Å². The highest BCUT2D eigenvalue weighted by Gasteiger charge is 2.26. The Balaban J connectivity index is 1.18. The number of para-hydroxylation sites is 3. The van der Waals surface area contributed by atoms with E-state index in [4.69, 9.17) is 9.40 Å². The number of aryl methyl sites for hydroxylation is 4. The molecule has 0 atom stereocenters. The molecule has 0 amide bonds. The molecule has 2 heterocycles. The number of benzene rings is 7. The van der Waals surface area contributed by atoms with Gasteiger partial charge in [-0.15, -0.1) is 0 Å². The molecule has 2 aromatic heterocycles. The van der Waals surface area contributed by atoms with Crippen LogP contribution in [0.25, 0.3) is 72.3 Å². The van der Waals surface area contributed by atoms with E-state index in [1.165, 1.54) is 55.8 Å². The van der Waals surface area contributed by atoms with E-state index in [9.17, 15) is 0 Å². The van der Waals surface area contributed by atoms with Gasteiger partial charge in [0.25, 0.3) is 0 Å². The van der Waals surface area contributed by atoms with Crippen molar-refractivity contribution in [3.63, 3.8) is 0 Å². The molecule has 0 aliphatic heterocycles. The number of furan rings is 1. The lowest BCUT2D eigenvalue weighted by Gasteiger charge is -2.25. The first-order valence-electron chi connectivity index (χ1n) is 20.3. The van der Waals surface area contributed by atoms with Crippen LogP contribution < -0.4 is 0 Å². The average Bonchev–Trinajstić information content (AvgIpc) is 3.80. The predicted octanol–water partition coefficient (Wildman–Crippen LogP) is 14.1. The van der Waals surface area contributed by atoms with E-state index in [-0.39, 0.29) is 11.8 Å². The van der Waals surface area contributed by atoms with Crippen LogP contribution in [-0.2, 0) is 25.7 Å². The summed E-state index contributed by atoms with van der Waals surface area (Å²) in [5.41, 5.74) is 19.3. The van der Waals surface area contributed by atoms with Crippen molar-refractivity contribution in [1.82, 2.24) is 9.55 Å². The minimum atomic E-state index is 0.269. The molecule has 7 aromatic carbocycles. The van der Waals surface area contributed by atoms with Crippen LogP contribution in [0.4, 0.5) is 0 Å². The first-order valence-corrected chi connectivity index (χ1v) is 20.3. The van der Waals surface area contributed by atoms with Gasteiger partial charge < -0.3 is 4.42 Å². The van der Waals surface area contributed by atoms with Crippen molar-refractivity contribution in [3.8, 4) is 39.3 Å². The van der Waals surface area contributed by atoms with Gasteiger partial charge in [0.1, 0.15) is 17.0 Å². The molecule has 0 saturated heterocycles. The van der Waals surface area contributed by atoms with Crippen LogP contribution in [0.15, 0.2) is 150 Å². The third kappa shape index (κ3) is 5.94. The maximum Gasteiger partial charge on any atom is 0.149 e. The summed E-state index contributed by atoms with van der Waals surface area (Å²) >= 11 is 0. The Morgan fingerprint density at radius 3 is 1.95 bits per heavy atom. The third-order valence-corrected chi connectivity index (χ3v) is 11.9. The normalized spacial score (nSPS) is 13.0. The second kappa shape index (κ2) is 13.8. The summed E-state index contributed by atoms with van der Waals surface area (Å²) in [6.07, 6.45) is 4.12. The van der Waals surface area contributed by atoms with Crippen LogP contribution in [0.1, 0.15) is 72.9 Å². The maximum absolute atomic E-state index is 6.86. The second-order valence-electron chi connectivity index (χ2n) is 16.2. The molecule has 0 spiro atoms. The van der Waals surface area contributed by atoms with Gasteiger partial charge in [0.15, 0.2) is 0 Å². The quantitative estimate of drug-likeness (QED) is 0.171. The molecule has 3 heteroatoms. The van der Waals surface area contributed by atoms with Gasteiger partial charge in [0.05, 0.1) is 22.3 Å². The van der Waals surface area contributed by atoms with Crippen LogP contribution in [0.2, 0.25) is 0 Å². The standard InChI is InChI=1S/C53H46N2O/c1-33(2)45-30-41(47-29-37-22-21-35-17-19-36(20-18-35)23-25-39(47)26-24-37)31-46(34(3)4)51(45)55-49-16-9-8-15-48(49)54-53(55)44-14-10-13-43-42-28-27-40(32-50(42)56-52(43)44)38-11-6-5-7-12-38/h5-20,24,26-34H,21-23,25H2,1-4H3. The zero-order valence-electron chi connectivity index (χ0n) is 32.6. The van der Waals surface area contributed by atoms with Crippen LogP contribution in [0.5, 0.6) is 0 Å². The first-order chi connectivity index (χ1) is 27.4. The molecular weight excluding hydrogens is 681 g/mol. The van der Waals surface area contributed by atoms with Crippen LogP contribution in [0, 0.1) is 0 Å². The number of nitrogens with zero attached hydrogens (tertiary/aromatic N) is 2. The summed E-state index contributed by atoms with van der Waals surface area (Å²) in [7, 11) is 0. The van der Waals surface area contributed by atoms with E-state index in [0.29, 0.717) is 0 Å². The highest BCUT2D eigenvalue weighted by molar-refractivity contribution is 6.10. The largest absolute Gasteiger partial charge is 0.455 e. The zero-order valence-corrected chi connectivity index (χ0v) is 32.6.